The van der Waals surface area contributed by atoms with Crippen LogP contribution in [-0.4, -0.2) is 17.0 Å². The molecule has 0 aliphatic carbocycles. The van der Waals surface area contributed by atoms with Gasteiger partial charge in [0.05, 0.1) is 5.39 Å². The van der Waals surface area contributed by atoms with Gasteiger partial charge in [0, 0.05) is 25.0 Å². The number of benzene rings is 1. The summed E-state index contributed by atoms with van der Waals surface area (Å²) in [6.45, 7) is 5.75. The van der Waals surface area contributed by atoms with Gasteiger partial charge < -0.3 is 14.5 Å². The Kier molecular flexibility index (Phi) is 5.02. The number of hydrogen-bond donors (Lipinski definition) is 1. The first-order chi connectivity index (χ1) is 12.4. The van der Waals surface area contributed by atoms with E-state index in [1.807, 2.05) is 32.0 Å². The smallest absolute Gasteiger partial charge is 0.336 e. The van der Waals surface area contributed by atoms with Crippen LogP contribution in [0.3, 0.4) is 0 Å². The Morgan fingerprint density at radius 1 is 1.31 bits per heavy atom. The number of carbonyl (C=O) groups is 1. The summed E-state index contributed by atoms with van der Waals surface area (Å²) in [7, 11) is 0. The van der Waals surface area contributed by atoms with Crippen LogP contribution in [0.5, 0.6) is 5.75 Å². The molecule has 134 valence electrons. The van der Waals surface area contributed by atoms with E-state index in [0.717, 1.165) is 16.7 Å². The number of nitrogens with one attached hydrogen (secondary N) is 1. The Labute approximate surface area is 150 Å². The van der Waals surface area contributed by atoms with Crippen molar-refractivity contribution in [2.24, 2.45) is 0 Å². The van der Waals surface area contributed by atoms with Gasteiger partial charge in [-0.3, -0.25) is 9.78 Å². The fourth-order valence-corrected chi connectivity index (χ4v) is 2.75. The molecule has 0 bridgehead atoms. The Balaban J connectivity index is 1.79. The third-order valence-corrected chi connectivity index (χ3v) is 4.01. The summed E-state index contributed by atoms with van der Waals surface area (Å²) in [5.74, 6) is 0.281. The molecule has 0 spiro atoms. The van der Waals surface area contributed by atoms with Gasteiger partial charge in [-0.25, -0.2) is 4.79 Å². The molecule has 1 amide bonds. The minimum atomic E-state index is -0.706. The van der Waals surface area contributed by atoms with Crippen molar-refractivity contribution in [3.8, 4) is 5.75 Å². The number of aryl methyl sites for hydroxylation is 2. The summed E-state index contributed by atoms with van der Waals surface area (Å²) in [5.41, 5.74) is 2.58. The lowest BCUT2D eigenvalue weighted by Crippen LogP contribution is -2.36. The van der Waals surface area contributed by atoms with Crippen molar-refractivity contribution in [2.75, 3.05) is 0 Å². The minimum Gasteiger partial charge on any atom is -0.480 e. The maximum absolute atomic E-state index is 12.4. The lowest BCUT2D eigenvalue weighted by Gasteiger charge is -2.17. The molecule has 1 N–H and O–H groups in total. The lowest BCUT2D eigenvalue weighted by molar-refractivity contribution is -0.127. The third kappa shape index (κ3) is 3.91. The molecular weight excluding hydrogens is 332 g/mol. The fourth-order valence-electron chi connectivity index (χ4n) is 2.75. The minimum absolute atomic E-state index is 0.237. The van der Waals surface area contributed by atoms with E-state index in [0.29, 0.717) is 23.3 Å². The predicted octanol–water partition coefficient (Wildman–Crippen LogP) is 2.89. The van der Waals surface area contributed by atoms with Gasteiger partial charge in [-0.1, -0.05) is 6.07 Å². The van der Waals surface area contributed by atoms with Gasteiger partial charge in [0.1, 0.15) is 11.3 Å². The number of nitrogens with zero attached hydrogens (tertiary/aromatic N) is 1. The molecule has 6 heteroatoms. The molecule has 0 aliphatic rings. The highest BCUT2D eigenvalue weighted by atomic mass is 16.5. The van der Waals surface area contributed by atoms with Crippen molar-refractivity contribution in [2.45, 2.75) is 33.4 Å². The molecule has 0 radical (unpaired) electrons. The van der Waals surface area contributed by atoms with Crippen LogP contribution in [0, 0.1) is 13.8 Å². The van der Waals surface area contributed by atoms with Crippen LogP contribution in [0.15, 0.2) is 51.9 Å². The zero-order chi connectivity index (χ0) is 18.7. The molecule has 3 aromatic rings. The topological polar surface area (TPSA) is 81.4 Å². The highest BCUT2D eigenvalue weighted by molar-refractivity contribution is 5.88. The number of rotatable bonds is 5. The van der Waals surface area contributed by atoms with E-state index in [9.17, 15) is 9.59 Å². The summed E-state index contributed by atoms with van der Waals surface area (Å²) in [6.07, 6.45) is 2.68. The molecule has 2 heterocycles. The SMILES string of the molecule is Cc1cc(O[C@@H](C)C(=O)NCc2cccnc2)c2c(C)cc(=O)oc2c1. The van der Waals surface area contributed by atoms with Crippen LogP contribution in [-0.2, 0) is 11.3 Å². The van der Waals surface area contributed by atoms with Gasteiger partial charge in [0.2, 0.25) is 0 Å². The predicted molar refractivity (Wildman–Crippen MR) is 98.1 cm³/mol. The maximum Gasteiger partial charge on any atom is 0.336 e. The summed E-state index contributed by atoms with van der Waals surface area (Å²) in [4.78, 5) is 28.0. The van der Waals surface area contributed by atoms with Gasteiger partial charge in [0.25, 0.3) is 5.91 Å². The summed E-state index contributed by atoms with van der Waals surface area (Å²) >= 11 is 0. The number of aromatic nitrogens is 1. The van der Waals surface area contributed by atoms with E-state index in [-0.39, 0.29) is 5.91 Å². The largest absolute Gasteiger partial charge is 0.480 e. The van der Waals surface area contributed by atoms with E-state index in [1.165, 1.54) is 6.07 Å². The first-order valence-corrected chi connectivity index (χ1v) is 8.32. The van der Waals surface area contributed by atoms with Gasteiger partial charge in [0.15, 0.2) is 6.10 Å². The average molecular weight is 352 g/mol. The van der Waals surface area contributed by atoms with Gasteiger partial charge in [-0.2, -0.15) is 0 Å². The molecule has 0 unspecified atom stereocenters. The Morgan fingerprint density at radius 3 is 2.85 bits per heavy atom. The van der Waals surface area contributed by atoms with Crippen LogP contribution in [0.2, 0.25) is 0 Å². The number of hydrogen-bond acceptors (Lipinski definition) is 5. The first kappa shape index (κ1) is 17.7. The van der Waals surface area contributed by atoms with Crippen LogP contribution in [0.4, 0.5) is 0 Å². The second-order valence-electron chi connectivity index (χ2n) is 6.22. The van der Waals surface area contributed by atoms with Crippen LogP contribution >= 0.6 is 0 Å². The molecule has 0 aliphatic heterocycles. The molecule has 1 aromatic carbocycles. The first-order valence-electron chi connectivity index (χ1n) is 8.32. The second kappa shape index (κ2) is 7.39. The Bertz CT molecular complexity index is 996. The second-order valence-corrected chi connectivity index (χ2v) is 6.22. The quantitative estimate of drug-likeness (QED) is 0.714. The molecule has 0 saturated carbocycles. The summed E-state index contributed by atoms with van der Waals surface area (Å²) < 4.78 is 11.2. The van der Waals surface area contributed by atoms with E-state index in [1.54, 1.807) is 25.4 Å². The van der Waals surface area contributed by atoms with Crippen LogP contribution < -0.4 is 15.7 Å². The molecule has 0 fully saturated rings. The van der Waals surface area contributed by atoms with Crippen molar-refractivity contribution in [1.29, 1.82) is 0 Å². The molecule has 3 rings (SSSR count). The molecular formula is C20H20N2O4. The summed E-state index contributed by atoms with van der Waals surface area (Å²) in [6, 6.07) is 8.73. The van der Waals surface area contributed by atoms with Gasteiger partial charge in [-0.15, -0.1) is 0 Å². The number of amides is 1. The number of ether oxygens (including phenoxy) is 1. The Morgan fingerprint density at radius 2 is 2.12 bits per heavy atom. The van der Waals surface area contributed by atoms with Crippen molar-refractivity contribution >= 4 is 16.9 Å². The normalized spacial score (nSPS) is 12.0. The van der Waals surface area contributed by atoms with E-state index in [2.05, 4.69) is 10.3 Å². The van der Waals surface area contributed by atoms with Crippen molar-refractivity contribution in [3.05, 3.63) is 69.8 Å². The molecule has 26 heavy (non-hydrogen) atoms. The highest BCUT2D eigenvalue weighted by Gasteiger charge is 2.18. The van der Waals surface area contributed by atoms with Crippen molar-refractivity contribution < 1.29 is 13.9 Å². The third-order valence-electron chi connectivity index (χ3n) is 4.01. The highest BCUT2D eigenvalue weighted by Crippen LogP contribution is 2.30. The van der Waals surface area contributed by atoms with Crippen LogP contribution in [0.25, 0.3) is 11.0 Å². The fraction of sp³-hybridized carbons (Fsp3) is 0.250. The molecule has 6 nitrogen and oxygen atoms in total. The standard InChI is InChI=1S/C20H20N2O4/c1-12-7-16(19-13(2)9-18(23)26-17(19)8-12)25-14(3)20(24)22-11-15-5-4-6-21-10-15/h4-10,14H,11H2,1-3H3,(H,22,24)/t14-/m0/s1. The van der Waals surface area contributed by atoms with Gasteiger partial charge >= 0.3 is 5.63 Å². The van der Waals surface area contributed by atoms with Crippen LogP contribution in [0.1, 0.15) is 23.6 Å². The molecule has 1 atom stereocenters. The zero-order valence-corrected chi connectivity index (χ0v) is 14.9. The van der Waals surface area contributed by atoms with Crippen molar-refractivity contribution in [3.63, 3.8) is 0 Å². The van der Waals surface area contributed by atoms with E-state index >= 15 is 0 Å². The zero-order valence-electron chi connectivity index (χ0n) is 14.9. The molecule has 0 saturated heterocycles. The number of fused-ring (bicyclic) bond motifs is 1. The number of carbonyl (C=O) groups excluding carboxylic acids is 1. The lowest BCUT2D eigenvalue weighted by atomic mass is 10.1. The van der Waals surface area contributed by atoms with Gasteiger partial charge in [-0.05, 0) is 55.7 Å². The summed E-state index contributed by atoms with van der Waals surface area (Å²) in [5, 5.41) is 3.52. The molecule has 2 aromatic heterocycles. The number of pyridine rings is 1. The average Bonchev–Trinajstić information content (AvgIpc) is 2.59. The van der Waals surface area contributed by atoms with E-state index < -0.39 is 11.7 Å². The van der Waals surface area contributed by atoms with Crippen molar-refractivity contribution in [1.82, 2.24) is 10.3 Å². The monoisotopic (exact) mass is 352 g/mol. The van der Waals surface area contributed by atoms with E-state index in [4.69, 9.17) is 9.15 Å². The Hall–Kier alpha value is -3.15. The maximum atomic E-state index is 12.4.